The summed E-state index contributed by atoms with van der Waals surface area (Å²) in [5.41, 5.74) is 1.44. The highest BCUT2D eigenvalue weighted by atomic mass is 79.9. The predicted octanol–water partition coefficient (Wildman–Crippen LogP) is 6.00. The number of benzene rings is 1. The molecule has 0 aliphatic carbocycles. The van der Waals surface area contributed by atoms with Crippen molar-refractivity contribution in [2.75, 3.05) is 0 Å². The van der Waals surface area contributed by atoms with Crippen molar-refractivity contribution >= 4 is 61.5 Å². The minimum atomic E-state index is -0.318. The molecule has 0 bridgehead atoms. The Labute approximate surface area is 143 Å². The second-order valence-electron chi connectivity index (χ2n) is 4.63. The monoisotopic (exact) mass is 406 g/mol. The highest BCUT2D eigenvalue weighted by Crippen LogP contribution is 2.30. The molecule has 1 unspecified atom stereocenters. The summed E-state index contributed by atoms with van der Waals surface area (Å²) < 4.78 is 16.9. The Kier molecular flexibility index (Phi) is 4.28. The van der Waals surface area contributed by atoms with E-state index in [-0.39, 0.29) is 11.2 Å². The van der Waals surface area contributed by atoms with Gasteiger partial charge in [-0.25, -0.2) is 9.37 Å². The largest absolute Gasteiger partial charge is 0.321 e. The average molecular weight is 408 g/mol. The summed E-state index contributed by atoms with van der Waals surface area (Å²) in [7, 11) is 0. The lowest BCUT2D eigenvalue weighted by atomic mass is 10.3. The van der Waals surface area contributed by atoms with E-state index >= 15 is 0 Å². The summed E-state index contributed by atoms with van der Waals surface area (Å²) in [6.45, 7) is 2.42. The number of hydrogen-bond acceptors (Lipinski definition) is 2. The summed E-state index contributed by atoms with van der Waals surface area (Å²) in [5, 5.41) is -0.269. The van der Waals surface area contributed by atoms with Gasteiger partial charge < -0.3 is 4.57 Å². The summed E-state index contributed by atoms with van der Waals surface area (Å²) in [6, 6.07) is 6.95. The summed E-state index contributed by atoms with van der Waals surface area (Å²) in [6.07, 6.45) is 0. The quantitative estimate of drug-likeness (QED) is 0.486. The molecule has 0 spiro atoms. The maximum Gasteiger partial charge on any atom is 0.139 e. The van der Waals surface area contributed by atoms with Crippen LogP contribution in [0.25, 0.3) is 11.0 Å². The van der Waals surface area contributed by atoms with E-state index in [1.807, 2.05) is 23.6 Å². The van der Waals surface area contributed by atoms with Crippen molar-refractivity contribution in [3.8, 4) is 0 Å². The molecule has 110 valence electrons. The van der Waals surface area contributed by atoms with Crippen LogP contribution in [0.5, 0.6) is 0 Å². The lowest BCUT2D eigenvalue weighted by molar-refractivity contribution is 0.621. The van der Waals surface area contributed by atoms with Crippen LogP contribution in [0.3, 0.4) is 0 Å². The second-order valence-corrected chi connectivity index (χ2v) is 7.94. The first kappa shape index (κ1) is 15.3. The molecule has 1 atom stereocenters. The van der Waals surface area contributed by atoms with Gasteiger partial charge >= 0.3 is 0 Å². The van der Waals surface area contributed by atoms with Gasteiger partial charge in [0.15, 0.2) is 0 Å². The molecule has 0 fully saturated rings. The maximum atomic E-state index is 13.8. The van der Waals surface area contributed by atoms with E-state index in [0.29, 0.717) is 22.4 Å². The Balaban J connectivity index is 2.17. The van der Waals surface area contributed by atoms with Crippen molar-refractivity contribution in [2.45, 2.75) is 18.8 Å². The van der Waals surface area contributed by atoms with Gasteiger partial charge in [0, 0.05) is 10.9 Å². The van der Waals surface area contributed by atoms with E-state index in [2.05, 4.69) is 20.9 Å². The summed E-state index contributed by atoms with van der Waals surface area (Å²) in [5.74, 6) is 0.398. The van der Waals surface area contributed by atoms with E-state index in [1.165, 1.54) is 17.4 Å². The molecule has 3 rings (SSSR count). The van der Waals surface area contributed by atoms with Crippen LogP contribution in [0.2, 0.25) is 4.34 Å². The first-order chi connectivity index (χ1) is 9.95. The molecule has 0 saturated heterocycles. The van der Waals surface area contributed by atoms with Gasteiger partial charge in [0.05, 0.1) is 31.8 Å². The van der Waals surface area contributed by atoms with E-state index in [0.717, 1.165) is 14.7 Å². The third-order valence-electron chi connectivity index (χ3n) is 3.12. The number of hydrogen-bond donors (Lipinski definition) is 0. The summed E-state index contributed by atoms with van der Waals surface area (Å²) >= 11 is 16.9. The Morgan fingerprint density at radius 1 is 1.43 bits per heavy atom. The Morgan fingerprint density at radius 3 is 2.81 bits per heavy atom. The molecule has 0 aliphatic heterocycles. The molecule has 2 aromatic heterocycles. The van der Waals surface area contributed by atoms with Gasteiger partial charge in [0.25, 0.3) is 0 Å². The van der Waals surface area contributed by atoms with Crippen molar-refractivity contribution in [2.24, 2.45) is 0 Å². The van der Waals surface area contributed by atoms with Crippen LogP contribution in [0.15, 0.2) is 28.7 Å². The van der Waals surface area contributed by atoms with Crippen LogP contribution in [0, 0.1) is 5.82 Å². The van der Waals surface area contributed by atoms with Crippen LogP contribution in [-0.4, -0.2) is 9.55 Å². The molecule has 0 radical (unpaired) electrons. The summed E-state index contributed by atoms with van der Waals surface area (Å²) in [4.78, 5) is 5.59. The van der Waals surface area contributed by atoms with Gasteiger partial charge in [-0.15, -0.1) is 22.9 Å². The first-order valence-electron chi connectivity index (χ1n) is 6.19. The molecule has 0 N–H and O–H groups in total. The normalized spacial score (nSPS) is 13.0. The number of imidazole rings is 1. The molecular weight excluding hydrogens is 398 g/mol. The van der Waals surface area contributed by atoms with Gasteiger partial charge in [-0.2, -0.15) is 0 Å². The van der Waals surface area contributed by atoms with Crippen LogP contribution in [0.1, 0.15) is 23.0 Å². The molecule has 1 aromatic carbocycles. The van der Waals surface area contributed by atoms with Gasteiger partial charge in [-0.05, 0) is 41.1 Å². The van der Waals surface area contributed by atoms with Crippen molar-refractivity contribution in [3.05, 3.63) is 49.6 Å². The molecule has 2 heterocycles. The average Bonchev–Trinajstić information content (AvgIpc) is 2.96. The standard InChI is InChI=1S/C14H10BrCl2FN2S/c1-7(16)14-19-11-4-9(15)10(18)5-12(11)20(14)6-8-2-3-13(17)21-8/h2-5,7H,6H2,1H3. The van der Waals surface area contributed by atoms with Gasteiger partial charge in [0.1, 0.15) is 11.6 Å². The number of nitrogens with zero attached hydrogens (tertiary/aromatic N) is 2. The Bertz CT molecular complexity index is 813. The molecule has 21 heavy (non-hydrogen) atoms. The molecule has 0 amide bonds. The van der Waals surface area contributed by atoms with Gasteiger partial charge in [0.2, 0.25) is 0 Å². The smallest absolute Gasteiger partial charge is 0.139 e. The van der Waals surface area contributed by atoms with Gasteiger partial charge in [-0.3, -0.25) is 0 Å². The predicted molar refractivity (Wildman–Crippen MR) is 90.1 cm³/mol. The number of rotatable bonds is 3. The highest BCUT2D eigenvalue weighted by molar-refractivity contribution is 9.10. The molecule has 0 aliphatic rings. The first-order valence-corrected chi connectivity index (χ1v) is 8.61. The van der Waals surface area contributed by atoms with Crippen LogP contribution in [-0.2, 0) is 6.54 Å². The van der Waals surface area contributed by atoms with Crippen LogP contribution in [0.4, 0.5) is 4.39 Å². The zero-order chi connectivity index (χ0) is 15.1. The van der Waals surface area contributed by atoms with Crippen LogP contribution >= 0.6 is 50.5 Å². The Morgan fingerprint density at radius 2 is 2.19 bits per heavy atom. The van der Waals surface area contributed by atoms with Crippen molar-refractivity contribution < 1.29 is 4.39 Å². The minimum Gasteiger partial charge on any atom is -0.321 e. The second kappa shape index (κ2) is 5.88. The topological polar surface area (TPSA) is 17.8 Å². The molecule has 3 aromatic rings. The number of fused-ring (bicyclic) bond motifs is 1. The number of halogens is 4. The van der Waals surface area contributed by atoms with Gasteiger partial charge in [-0.1, -0.05) is 11.6 Å². The SMILES string of the molecule is CC(Cl)c1nc2cc(Br)c(F)cc2n1Cc1ccc(Cl)s1. The van der Waals surface area contributed by atoms with Crippen LogP contribution < -0.4 is 0 Å². The lowest BCUT2D eigenvalue weighted by Crippen LogP contribution is -2.04. The van der Waals surface area contributed by atoms with Crippen molar-refractivity contribution in [1.82, 2.24) is 9.55 Å². The fourth-order valence-electron chi connectivity index (χ4n) is 2.20. The van der Waals surface area contributed by atoms with E-state index in [9.17, 15) is 4.39 Å². The molecule has 2 nitrogen and oxygen atoms in total. The van der Waals surface area contributed by atoms with E-state index in [1.54, 1.807) is 6.07 Å². The lowest BCUT2D eigenvalue weighted by Gasteiger charge is -2.09. The number of aromatic nitrogens is 2. The maximum absolute atomic E-state index is 13.8. The number of alkyl halides is 1. The van der Waals surface area contributed by atoms with Crippen molar-refractivity contribution in [3.63, 3.8) is 0 Å². The zero-order valence-corrected chi connectivity index (χ0v) is 14.8. The third-order valence-corrected chi connectivity index (χ3v) is 5.14. The highest BCUT2D eigenvalue weighted by Gasteiger charge is 2.17. The fraction of sp³-hybridized carbons (Fsp3) is 0.214. The molecule has 7 heteroatoms. The number of thiophene rings is 1. The van der Waals surface area contributed by atoms with Crippen molar-refractivity contribution in [1.29, 1.82) is 0 Å². The van der Waals surface area contributed by atoms with E-state index in [4.69, 9.17) is 23.2 Å². The molecular formula is C14H10BrCl2FN2S. The fourth-order valence-corrected chi connectivity index (χ4v) is 3.78. The van der Waals surface area contributed by atoms with E-state index < -0.39 is 0 Å². The third kappa shape index (κ3) is 2.97. The molecule has 0 saturated carbocycles. The Hall–Kier alpha value is -0.620. The zero-order valence-electron chi connectivity index (χ0n) is 10.9. The minimum absolute atomic E-state index is 0.269.